The van der Waals surface area contributed by atoms with E-state index in [2.05, 4.69) is 6.92 Å². The minimum absolute atomic E-state index is 0.188. The largest absolute Gasteiger partial charge is 0.268 e. The number of fused-ring (bicyclic) bond motifs is 1. The Hall–Kier alpha value is -1.09. The lowest BCUT2D eigenvalue weighted by molar-refractivity contribution is 0.552. The summed E-state index contributed by atoms with van der Waals surface area (Å²) in [6.07, 6.45) is 10.5. The van der Waals surface area contributed by atoms with E-state index in [0.717, 1.165) is 23.1 Å². The third-order valence-electron chi connectivity index (χ3n) is 3.77. The Labute approximate surface area is 125 Å². The summed E-state index contributed by atoms with van der Waals surface area (Å²) in [4.78, 5) is 12.1. The van der Waals surface area contributed by atoms with Crippen molar-refractivity contribution in [3.8, 4) is 0 Å². The van der Waals surface area contributed by atoms with E-state index in [0.29, 0.717) is 0 Å². The zero-order valence-electron chi connectivity index (χ0n) is 12.4. The van der Waals surface area contributed by atoms with Gasteiger partial charge in [0, 0.05) is 6.54 Å². The summed E-state index contributed by atoms with van der Waals surface area (Å²) in [6.45, 7) is 3.13. The molecule has 0 aliphatic heterocycles. The van der Waals surface area contributed by atoms with Crippen molar-refractivity contribution in [2.75, 3.05) is 0 Å². The van der Waals surface area contributed by atoms with Crippen LogP contribution < -0.4 is 5.56 Å². The summed E-state index contributed by atoms with van der Waals surface area (Å²) >= 11 is 1.60. The number of benzene rings is 1. The van der Waals surface area contributed by atoms with Crippen LogP contribution in [0.15, 0.2) is 29.1 Å². The van der Waals surface area contributed by atoms with Crippen LogP contribution in [0.5, 0.6) is 0 Å². The van der Waals surface area contributed by atoms with Gasteiger partial charge in [-0.1, -0.05) is 75.5 Å². The zero-order chi connectivity index (χ0) is 14.2. The highest BCUT2D eigenvalue weighted by atomic mass is 32.1. The molecule has 1 aromatic carbocycles. The number of nitrogens with zero attached hydrogens (tertiary/aromatic N) is 1. The summed E-state index contributed by atoms with van der Waals surface area (Å²) in [5, 5.41) is 0.872. The van der Waals surface area contributed by atoms with Crippen LogP contribution in [-0.2, 0) is 6.54 Å². The van der Waals surface area contributed by atoms with Crippen molar-refractivity contribution < 1.29 is 0 Å². The Morgan fingerprint density at radius 1 is 0.950 bits per heavy atom. The molecule has 0 N–H and O–H groups in total. The fourth-order valence-electron chi connectivity index (χ4n) is 2.55. The van der Waals surface area contributed by atoms with E-state index in [1.54, 1.807) is 11.5 Å². The number of unbranched alkanes of at least 4 members (excludes halogenated alkanes) is 7. The van der Waals surface area contributed by atoms with Crippen LogP contribution in [0.3, 0.4) is 0 Å². The van der Waals surface area contributed by atoms with Gasteiger partial charge in [-0.25, -0.2) is 0 Å². The number of hydrogen-bond acceptors (Lipinski definition) is 2. The SMILES string of the molecule is CCCCCCCCCCn1sc2ccccc2c1=O. The van der Waals surface area contributed by atoms with Gasteiger partial charge in [-0.3, -0.25) is 8.75 Å². The van der Waals surface area contributed by atoms with Crippen LogP contribution in [0, 0.1) is 0 Å². The third kappa shape index (κ3) is 4.20. The first-order valence-corrected chi connectivity index (χ1v) is 8.69. The summed E-state index contributed by atoms with van der Waals surface area (Å²) in [7, 11) is 0. The van der Waals surface area contributed by atoms with Gasteiger partial charge in [0.2, 0.25) is 0 Å². The zero-order valence-corrected chi connectivity index (χ0v) is 13.3. The lowest BCUT2D eigenvalue weighted by Gasteiger charge is -2.02. The molecule has 1 heterocycles. The average Bonchev–Trinajstić information content (AvgIpc) is 2.79. The van der Waals surface area contributed by atoms with Gasteiger partial charge < -0.3 is 0 Å². The van der Waals surface area contributed by atoms with Crippen LogP contribution in [-0.4, -0.2) is 3.96 Å². The van der Waals surface area contributed by atoms with Crippen molar-refractivity contribution in [3.63, 3.8) is 0 Å². The van der Waals surface area contributed by atoms with Crippen molar-refractivity contribution in [2.24, 2.45) is 0 Å². The van der Waals surface area contributed by atoms with Crippen LogP contribution >= 0.6 is 11.5 Å². The molecule has 0 fully saturated rings. The smallest absolute Gasteiger partial charge is 0.268 e. The van der Waals surface area contributed by atoms with Crippen LogP contribution in [0.2, 0.25) is 0 Å². The highest BCUT2D eigenvalue weighted by molar-refractivity contribution is 7.13. The highest BCUT2D eigenvalue weighted by Crippen LogP contribution is 2.16. The Balaban J connectivity index is 1.71. The maximum Gasteiger partial charge on any atom is 0.268 e. The Morgan fingerprint density at radius 3 is 2.30 bits per heavy atom. The number of aryl methyl sites for hydroxylation is 1. The van der Waals surface area contributed by atoms with Gasteiger partial charge in [0.15, 0.2) is 0 Å². The van der Waals surface area contributed by atoms with Crippen molar-refractivity contribution in [1.82, 2.24) is 3.96 Å². The molecule has 1 aromatic heterocycles. The van der Waals surface area contributed by atoms with Crippen molar-refractivity contribution in [3.05, 3.63) is 34.6 Å². The van der Waals surface area contributed by atoms with E-state index < -0.39 is 0 Å². The average molecular weight is 291 g/mol. The van der Waals surface area contributed by atoms with E-state index in [1.807, 2.05) is 28.2 Å². The van der Waals surface area contributed by atoms with Gasteiger partial charge in [0.05, 0.1) is 10.1 Å². The molecular weight excluding hydrogens is 266 g/mol. The molecule has 20 heavy (non-hydrogen) atoms. The second-order valence-electron chi connectivity index (χ2n) is 5.47. The van der Waals surface area contributed by atoms with Crippen LogP contribution in [0.4, 0.5) is 0 Å². The first kappa shape index (κ1) is 15.3. The quantitative estimate of drug-likeness (QED) is 0.582. The van der Waals surface area contributed by atoms with Crippen LogP contribution in [0.1, 0.15) is 58.3 Å². The molecule has 110 valence electrons. The van der Waals surface area contributed by atoms with Crippen LogP contribution in [0.25, 0.3) is 10.1 Å². The maximum atomic E-state index is 12.1. The molecule has 0 aliphatic carbocycles. The second kappa shape index (κ2) is 8.25. The fraction of sp³-hybridized carbons (Fsp3) is 0.588. The Morgan fingerprint density at radius 2 is 1.60 bits per heavy atom. The van der Waals surface area contributed by atoms with Crippen molar-refractivity contribution >= 4 is 21.6 Å². The normalized spacial score (nSPS) is 11.2. The van der Waals surface area contributed by atoms with Gasteiger partial charge in [-0.05, 0) is 18.6 Å². The summed E-state index contributed by atoms with van der Waals surface area (Å²) in [6, 6.07) is 7.90. The lowest BCUT2D eigenvalue weighted by atomic mass is 10.1. The topological polar surface area (TPSA) is 22.0 Å². The summed E-state index contributed by atoms with van der Waals surface area (Å²) < 4.78 is 3.03. The number of rotatable bonds is 9. The molecule has 2 nitrogen and oxygen atoms in total. The highest BCUT2D eigenvalue weighted by Gasteiger charge is 2.05. The van der Waals surface area contributed by atoms with Gasteiger partial charge >= 0.3 is 0 Å². The molecule has 2 aromatic rings. The molecule has 0 bridgehead atoms. The number of aromatic nitrogens is 1. The lowest BCUT2D eigenvalue weighted by Crippen LogP contribution is -2.12. The van der Waals surface area contributed by atoms with E-state index in [4.69, 9.17) is 0 Å². The molecule has 0 unspecified atom stereocenters. The minimum Gasteiger partial charge on any atom is -0.268 e. The van der Waals surface area contributed by atoms with E-state index >= 15 is 0 Å². The maximum absolute atomic E-state index is 12.1. The monoisotopic (exact) mass is 291 g/mol. The van der Waals surface area contributed by atoms with Crippen molar-refractivity contribution in [2.45, 2.75) is 64.8 Å². The fourth-order valence-corrected chi connectivity index (χ4v) is 3.59. The molecule has 3 heteroatoms. The molecule has 0 spiro atoms. The van der Waals surface area contributed by atoms with Gasteiger partial charge in [0.25, 0.3) is 5.56 Å². The third-order valence-corrected chi connectivity index (χ3v) is 4.89. The van der Waals surface area contributed by atoms with E-state index in [-0.39, 0.29) is 5.56 Å². The van der Waals surface area contributed by atoms with Gasteiger partial charge in [-0.15, -0.1) is 0 Å². The van der Waals surface area contributed by atoms with Crippen molar-refractivity contribution in [1.29, 1.82) is 0 Å². The number of hydrogen-bond donors (Lipinski definition) is 0. The van der Waals surface area contributed by atoms with Gasteiger partial charge in [-0.2, -0.15) is 0 Å². The van der Waals surface area contributed by atoms with E-state index in [9.17, 15) is 4.79 Å². The van der Waals surface area contributed by atoms with Gasteiger partial charge in [0.1, 0.15) is 0 Å². The molecule has 0 radical (unpaired) electrons. The predicted molar refractivity (Wildman–Crippen MR) is 88.7 cm³/mol. The molecule has 0 amide bonds. The summed E-state index contributed by atoms with van der Waals surface area (Å²) in [5.74, 6) is 0. The van der Waals surface area contributed by atoms with E-state index in [1.165, 1.54) is 44.9 Å². The molecule has 0 saturated carbocycles. The molecule has 0 atom stereocenters. The first-order chi connectivity index (χ1) is 9.83. The summed E-state index contributed by atoms with van der Waals surface area (Å²) in [5.41, 5.74) is 0.188. The second-order valence-corrected chi connectivity index (χ2v) is 6.53. The molecule has 0 saturated heterocycles. The standard InChI is InChI=1S/C17H25NOS/c1-2-3-4-5-6-7-8-11-14-18-17(19)15-12-9-10-13-16(15)20-18/h9-10,12-13H,2-8,11,14H2,1H3. The minimum atomic E-state index is 0.188. The first-order valence-electron chi connectivity index (χ1n) is 7.92. The Bertz CT molecular complexity index is 570. The molecule has 0 aliphatic rings. The molecular formula is C17H25NOS. The predicted octanol–water partition coefficient (Wildman–Crippen LogP) is 5.20. The Kier molecular flexibility index (Phi) is 6.31. The molecule has 2 rings (SSSR count).